The summed E-state index contributed by atoms with van der Waals surface area (Å²) in [6.45, 7) is 1.33. The molecule has 9 heteroatoms. The van der Waals surface area contributed by atoms with Gasteiger partial charge in [0, 0.05) is 19.0 Å². The minimum absolute atomic E-state index is 0.00225. The average molecular weight is 446 g/mol. The maximum absolute atomic E-state index is 11.2. The van der Waals surface area contributed by atoms with E-state index in [1.165, 1.54) is 19.2 Å². The molecule has 2 N–H and O–H groups in total. The second-order valence-corrected chi connectivity index (χ2v) is 7.37. The van der Waals surface area contributed by atoms with Crippen molar-refractivity contribution >= 4 is 17.6 Å². The molecule has 0 aliphatic carbocycles. The van der Waals surface area contributed by atoms with Crippen LogP contribution in [0.3, 0.4) is 0 Å². The number of ether oxygens (including phenoxy) is 3. The van der Waals surface area contributed by atoms with Gasteiger partial charge in [-0.2, -0.15) is 10.2 Å². The van der Waals surface area contributed by atoms with Gasteiger partial charge in [-0.05, 0) is 47.5 Å². The third-order valence-corrected chi connectivity index (χ3v) is 5.20. The molecule has 0 bridgehead atoms. The van der Waals surface area contributed by atoms with Crippen molar-refractivity contribution in [2.24, 2.45) is 0 Å². The average Bonchev–Trinajstić information content (AvgIpc) is 2.85. The van der Waals surface area contributed by atoms with E-state index in [0.717, 1.165) is 24.0 Å². The molecule has 1 saturated heterocycles. The topological polar surface area (TPSA) is 127 Å². The van der Waals surface area contributed by atoms with E-state index in [1.807, 2.05) is 24.3 Å². The van der Waals surface area contributed by atoms with Crippen LogP contribution in [0.15, 0.2) is 48.7 Å². The molecule has 0 atom stereocenters. The highest BCUT2D eigenvalue weighted by Crippen LogP contribution is 2.30. The van der Waals surface area contributed by atoms with Gasteiger partial charge in [-0.25, -0.2) is 9.78 Å². The van der Waals surface area contributed by atoms with Crippen molar-refractivity contribution in [2.75, 3.05) is 25.6 Å². The second kappa shape index (κ2) is 9.97. The van der Waals surface area contributed by atoms with Gasteiger partial charge in [0.05, 0.1) is 25.9 Å². The first-order valence-corrected chi connectivity index (χ1v) is 10.4. The Morgan fingerprint density at radius 3 is 2.67 bits per heavy atom. The first-order chi connectivity index (χ1) is 16.1. The normalized spacial score (nSPS) is 13.7. The Morgan fingerprint density at radius 2 is 1.94 bits per heavy atom. The van der Waals surface area contributed by atoms with E-state index in [2.05, 4.69) is 21.4 Å². The maximum atomic E-state index is 11.2. The Kier molecular flexibility index (Phi) is 6.66. The summed E-state index contributed by atoms with van der Waals surface area (Å²) >= 11 is 0. The summed E-state index contributed by atoms with van der Waals surface area (Å²) in [4.78, 5) is 19.7. The zero-order valence-electron chi connectivity index (χ0n) is 17.9. The summed E-state index contributed by atoms with van der Waals surface area (Å²) in [7, 11) is 1.36. The van der Waals surface area contributed by atoms with Crippen LogP contribution in [-0.4, -0.2) is 47.5 Å². The fourth-order valence-corrected chi connectivity index (χ4v) is 3.51. The highest BCUT2D eigenvalue weighted by atomic mass is 16.5. The zero-order valence-corrected chi connectivity index (χ0v) is 17.9. The van der Waals surface area contributed by atoms with Crippen LogP contribution in [0.25, 0.3) is 11.1 Å². The Hall–Kier alpha value is -4.16. The number of hydrogen-bond donors (Lipinski definition) is 2. The molecule has 9 nitrogen and oxygen atoms in total. The molecule has 1 aliphatic heterocycles. The molecule has 2 aromatic heterocycles. The first-order valence-electron chi connectivity index (χ1n) is 10.4. The van der Waals surface area contributed by atoms with Crippen LogP contribution in [0, 0.1) is 11.3 Å². The van der Waals surface area contributed by atoms with Crippen LogP contribution in [0.2, 0.25) is 0 Å². The SMILES string of the molecule is COc1nc(Nc2cc(-c3ccc(OC4CCOCC4)c(C#N)c3)ccn2)ccc1C(=O)O. The number of nitriles is 1. The number of anilines is 2. The molecule has 1 fully saturated rings. The van der Waals surface area contributed by atoms with Crippen molar-refractivity contribution < 1.29 is 24.1 Å². The van der Waals surface area contributed by atoms with Crippen LogP contribution in [0.4, 0.5) is 11.6 Å². The van der Waals surface area contributed by atoms with E-state index in [9.17, 15) is 15.2 Å². The Bertz CT molecular complexity index is 1200. The van der Waals surface area contributed by atoms with Crippen LogP contribution in [0.5, 0.6) is 11.6 Å². The van der Waals surface area contributed by atoms with E-state index >= 15 is 0 Å². The molecule has 0 spiro atoms. The molecule has 0 saturated carbocycles. The van der Waals surface area contributed by atoms with Crippen LogP contribution in [0.1, 0.15) is 28.8 Å². The molecule has 33 heavy (non-hydrogen) atoms. The fourth-order valence-electron chi connectivity index (χ4n) is 3.51. The number of benzene rings is 1. The summed E-state index contributed by atoms with van der Waals surface area (Å²) in [5.74, 6) is 0.340. The predicted molar refractivity (Wildman–Crippen MR) is 120 cm³/mol. The molecule has 1 aliphatic rings. The highest BCUT2D eigenvalue weighted by molar-refractivity contribution is 5.90. The number of pyridine rings is 2. The quantitative estimate of drug-likeness (QED) is 0.553. The number of carboxylic acids is 1. The summed E-state index contributed by atoms with van der Waals surface area (Å²) in [6.07, 6.45) is 3.29. The van der Waals surface area contributed by atoms with E-state index in [-0.39, 0.29) is 17.5 Å². The van der Waals surface area contributed by atoms with Crippen molar-refractivity contribution in [3.63, 3.8) is 0 Å². The predicted octanol–water partition coefficient (Wildman–Crippen LogP) is 4.02. The van der Waals surface area contributed by atoms with E-state index in [0.29, 0.717) is 36.2 Å². The van der Waals surface area contributed by atoms with Crippen LogP contribution in [-0.2, 0) is 4.74 Å². The molecular formula is C24H22N4O5. The molecule has 3 heterocycles. The lowest BCUT2D eigenvalue weighted by Crippen LogP contribution is -2.26. The van der Waals surface area contributed by atoms with E-state index in [1.54, 1.807) is 12.3 Å². The second-order valence-electron chi connectivity index (χ2n) is 7.37. The van der Waals surface area contributed by atoms with Gasteiger partial charge in [-0.15, -0.1) is 0 Å². The summed E-state index contributed by atoms with van der Waals surface area (Å²) in [5, 5.41) is 21.9. The lowest BCUT2D eigenvalue weighted by Gasteiger charge is -2.23. The molecule has 3 aromatic rings. The Balaban J connectivity index is 1.55. The van der Waals surface area contributed by atoms with Gasteiger partial charge >= 0.3 is 5.97 Å². The number of carboxylic acid groups (broad SMARTS) is 1. The molecule has 1 aromatic carbocycles. The fraction of sp³-hybridized carbons (Fsp3) is 0.250. The summed E-state index contributed by atoms with van der Waals surface area (Å²) in [6, 6.07) is 14.3. The number of nitrogens with one attached hydrogen (secondary N) is 1. The van der Waals surface area contributed by atoms with Crippen LogP contribution < -0.4 is 14.8 Å². The smallest absolute Gasteiger partial charge is 0.341 e. The van der Waals surface area contributed by atoms with Crippen molar-refractivity contribution in [3.8, 4) is 28.8 Å². The van der Waals surface area contributed by atoms with Gasteiger partial charge < -0.3 is 24.6 Å². The van der Waals surface area contributed by atoms with Gasteiger partial charge in [0.2, 0.25) is 5.88 Å². The lowest BCUT2D eigenvalue weighted by molar-refractivity contribution is 0.0254. The molecule has 168 valence electrons. The highest BCUT2D eigenvalue weighted by Gasteiger charge is 2.18. The summed E-state index contributed by atoms with van der Waals surface area (Å²) < 4.78 is 16.5. The van der Waals surface area contributed by atoms with Gasteiger partial charge in [-0.1, -0.05) is 6.07 Å². The number of aromatic carboxylic acids is 1. The molecular weight excluding hydrogens is 424 g/mol. The largest absolute Gasteiger partial charge is 0.489 e. The summed E-state index contributed by atoms with van der Waals surface area (Å²) in [5.41, 5.74) is 2.11. The van der Waals surface area contributed by atoms with E-state index < -0.39 is 5.97 Å². The first kappa shape index (κ1) is 22.0. The number of hydrogen-bond acceptors (Lipinski definition) is 8. The van der Waals surface area contributed by atoms with Crippen molar-refractivity contribution in [3.05, 3.63) is 59.8 Å². The Morgan fingerprint density at radius 1 is 1.15 bits per heavy atom. The monoisotopic (exact) mass is 446 g/mol. The van der Waals surface area contributed by atoms with Gasteiger partial charge in [0.25, 0.3) is 0 Å². The zero-order chi connectivity index (χ0) is 23.2. The number of carbonyl (C=O) groups is 1. The van der Waals surface area contributed by atoms with Crippen LogP contribution >= 0.6 is 0 Å². The maximum Gasteiger partial charge on any atom is 0.341 e. The van der Waals surface area contributed by atoms with Crippen molar-refractivity contribution in [1.82, 2.24) is 9.97 Å². The minimum atomic E-state index is -1.12. The number of methoxy groups -OCH3 is 1. The third kappa shape index (κ3) is 5.19. The number of aromatic nitrogens is 2. The van der Waals surface area contributed by atoms with Gasteiger partial charge in [-0.3, -0.25) is 0 Å². The number of nitrogens with zero attached hydrogens (tertiary/aromatic N) is 3. The molecule has 4 rings (SSSR count). The number of rotatable bonds is 7. The molecule has 0 amide bonds. The van der Waals surface area contributed by atoms with E-state index in [4.69, 9.17) is 14.2 Å². The van der Waals surface area contributed by atoms with Gasteiger partial charge in [0.1, 0.15) is 35.1 Å². The van der Waals surface area contributed by atoms with Crippen molar-refractivity contribution in [2.45, 2.75) is 18.9 Å². The molecule has 0 radical (unpaired) electrons. The third-order valence-electron chi connectivity index (χ3n) is 5.20. The molecule has 0 unspecified atom stereocenters. The lowest BCUT2D eigenvalue weighted by atomic mass is 10.0. The standard InChI is InChI=1S/C24H22N4O5/c1-31-23-19(24(29)30)3-5-21(28-23)27-22-13-16(6-9-26-22)15-2-4-20(17(12-15)14-25)33-18-7-10-32-11-8-18/h2-6,9,12-13,18H,7-8,10-11H2,1H3,(H,29,30)(H,26,27,28). The Labute approximate surface area is 190 Å². The van der Waals surface area contributed by atoms with Crippen molar-refractivity contribution in [1.29, 1.82) is 5.26 Å². The van der Waals surface area contributed by atoms with Gasteiger partial charge in [0.15, 0.2) is 0 Å². The minimum Gasteiger partial charge on any atom is -0.489 e.